The molecule has 0 radical (unpaired) electrons. The lowest BCUT2D eigenvalue weighted by molar-refractivity contribution is 0.0997. The van der Waals surface area contributed by atoms with Crippen LogP contribution in [0.1, 0.15) is 10.6 Å². The Morgan fingerprint density at radius 3 is 2.70 bits per heavy atom. The van der Waals surface area contributed by atoms with Gasteiger partial charge in [0.25, 0.3) is 5.91 Å². The summed E-state index contributed by atoms with van der Waals surface area (Å²) < 4.78 is 5.21. The van der Waals surface area contributed by atoms with E-state index in [-0.39, 0.29) is 11.7 Å². The average Bonchev–Trinajstić information content (AvgIpc) is 2.99. The smallest absolute Gasteiger partial charge is 0.293 e. The minimum Gasteiger partial charge on any atom is -0.438 e. The van der Waals surface area contributed by atoms with Crippen LogP contribution in [0.3, 0.4) is 0 Å². The lowest BCUT2D eigenvalue weighted by Gasteiger charge is -2.03. The van der Waals surface area contributed by atoms with Gasteiger partial charge in [0, 0.05) is 11.8 Å². The number of carbonyl (C=O) groups is 1. The van der Waals surface area contributed by atoms with Crippen molar-refractivity contribution in [2.24, 2.45) is 0 Å². The Balaban J connectivity index is 1.88. The first kappa shape index (κ1) is 12.1. The van der Waals surface area contributed by atoms with E-state index in [1.165, 1.54) is 6.39 Å². The molecule has 2 heterocycles. The highest BCUT2D eigenvalue weighted by Gasteiger charge is 2.18. The minimum absolute atomic E-state index is 0.181. The van der Waals surface area contributed by atoms with Crippen molar-refractivity contribution in [1.29, 1.82) is 0 Å². The molecule has 0 unspecified atom stereocenters. The van der Waals surface area contributed by atoms with Gasteiger partial charge in [0.1, 0.15) is 5.69 Å². The topological polar surface area (TPSA) is 68.0 Å². The Labute approximate surface area is 115 Å². The van der Waals surface area contributed by atoms with E-state index in [9.17, 15) is 4.79 Å². The first-order valence-corrected chi connectivity index (χ1v) is 6.05. The predicted octanol–water partition coefficient (Wildman–Crippen LogP) is 2.99. The van der Waals surface area contributed by atoms with E-state index in [4.69, 9.17) is 4.42 Å². The molecule has 5 heteroatoms. The molecule has 3 aromatic rings. The average molecular weight is 265 g/mol. The van der Waals surface area contributed by atoms with Gasteiger partial charge < -0.3 is 9.73 Å². The number of rotatable bonds is 3. The van der Waals surface area contributed by atoms with Crippen molar-refractivity contribution in [3.63, 3.8) is 0 Å². The fraction of sp³-hybridized carbons (Fsp3) is 0. The molecule has 1 N–H and O–H groups in total. The molecular formula is C15H11N3O2. The predicted molar refractivity (Wildman–Crippen MR) is 74.1 cm³/mol. The Bertz CT molecular complexity index is 708. The van der Waals surface area contributed by atoms with Crippen LogP contribution in [0.2, 0.25) is 0 Å². The molecule has 0 saturated carbocycles. The Hall–Kier alpha value is -2.95. The number of aromatic nitrogens is 2. The standard InChI is InChI=1S/C15H11N3O2/c19-15(18-12-7-4-8-16-9-12)14-13(17-10-20-14)11-5-2-1-3-6-11/h1-10H,(H,18,19). The SMILES string of the molecule is O=C(Nc1cccnc1)c1ocnc1-c1ccccc1. The van der Waals surface area contributed by atoms with Crippen molar-refractivity contribution in [2.45, 2.75) is 0 Å². The summed E-state index contributed by atoms with van der Waals surface area (Å²) in [6.07, 6.45) is 4.47. The third kappa shape index (κ3) is 2.42. The first-order valence-electron chi connectivity index (χ1n) is 6.05. The van der Waals surface area contributed by atoms with E-state index in [0.717, 1.165) is 5.56 Å². The highest BCUT2D eigenvalue weighted by molar-refractivity contribution is 6.05. The summed E-state index contributed by atoms with van der Waals surface area (Å²) in [5.41, 5.74) is 1.96. The van der Waals surface area contributed by atoms with Crippen molar-refractivity contribution in [3.05, 3.63) is 67.0 Å². The van der Waals surface area contributed by atoms with Gasteiger partial charge in [-0.2, -0.15) is 0 Å². The maximum atomic E-state index is 12.2. The number of oxazole rings is 1. The van der Waals surface area contributed by atoms with E-state index in [1.807, 2.05) is 30.3 Å². The molecule has 0 saturated heterocycles. The van der Waals surface area contributed by atoms with E-state index in [2.05, 4.69) is 15.3 Å². The van der Waals surface area contributed by atoms with Gasteiger partial charge in [-0.25, -0.2) is 4.98 Å². The third-order valence-electron chi connectivity index (χ3n) is 2.74. The summed E-state index contributed by atoms with van der Waals surface area (Å²) in [6.45, 7) is 0. The maximum absolute atomic E-state index is 12.2. The van der Waals surface area contributed by atoms with Gasteiger partial charge in [-0.1, -0.05) is 30.3 Å². The minimum atomic E-state index is -0.352. The quantitative estimate of drug-likeness (QED) is 0.790. The second-order valence-corrected chi connectivity index (χ2v) is 4.09. The first-order chi connectivity index (χ1) is 9.84. The van der Waals surface area contributed by atoms with Crippen LogP contribution in [0, 0.1) is 0 Å². The maximum Gasteiger partial charge on any atom is 0.293 e. The Morgan fingerprint density at radius 1 is 1.10 bits per heavy atom. The molecule has 5 nitrogen and oxygen atoms in total. The zero-order valence-corrected chi connectivity index (χ0v) is 10.5. The molecule has 0 bridgehead atoms. The number of hydrogen-bond acceptors (Lipinski definition) is 4. The number of benzene rings is 1. The van der Waals surface area contributed by atoms with Crippen molar-refractivity contribution < 1.29 is 9.21 Å². The third-order valence-corrected chi connectivity index (χ3v) is 2.74. The molecule has 1 amide bonds. The molecule has 0 fully saturated rings. The van der Waals surface area contributed by atoms with Gasteiger partial charge in [-0.3, -0.25) is 9.78 Å². The largest absolute Gasteiger partial charge is 0.438 e. The molecule has 0 aliphatic rings. The van der Waals surface area contributed by atoms with Crippen molar-refractivity contribution >= 4 is 11.6 Å². The fourth-order valence-electron chi connectivity index (χ4n) is 1.83. The Kier molecular flexibility index (Phi) is 3.24. The summed E-state index contributed by atoms with van der Waals surface area (Å²) in [4.78, 5) is 20.2. The van der Waals surface area contributed by atoms with Gasteiger partial charge in [-0.05, 0) is 12.1 Å². The second-order valence-electron chi connectivity index (χ2n) is 4.09. The van der Waals surface area contributed by atoms with Crippen LogP contribution in [0.5, 0.6) is 0 Å². The highest BCUT2D eigenvalue weighted by atomic mass is 16.3. The number of amides is 1. The number of nitrogens with zero attached hydrogens (tertiary/aromatic N) is 2. The highest BCUT2D eigenvalue weighted by Crippen LogP contribution is 2.22. The van der Waals surface area contributed by atoms with Crippen molar-refractivity contribution in [2.75, 3.05) is 5.32 Å². The van der Waals surface area contributed by atoms with Crippen LogP contribution >= 0.6 is 0 Å². The van der Waals surface area contributed by atoms with Gasteiger partial charge in [0.15, 0.2) is 6.39 Å². The number of hydrogen-bond donors (Lipinski definition) is 1. The summed E-state index contributed by atoms with van der Waals surface area (Å²) in [6, 6.07) is 12.9. The summed E-state index contributed by atoms with van der Waals surface area (Å²) in [5, 5.41) is 2.72. The number of anilines is 1. The van der Waals surface area contributed by atoms with E-state index in [0.29, 0.717) is 11.4 Å². The summed E-state index contributed by atoms with van der Waals surface area (Å²) in [7, 11) is 0. The zero-order chi connectivity index (χ0) is 13.8. The second kappa shape index (κ2) is 5.36. The van der Waals surface area contributed by atoms with Crippen molar-refractivity contribution in [1.82, 2.24) is 9.97 Å². The molecular weight excluding hydrogens is 254 g/mol. The van der Waals surface area contributed by atoms with Crippen LogP contribution < -0.4 is 5.32 Å². The normalized spacial score (nSPS) is 10.2. The molecule has 98 valence electrons. The molecule has 20 heavy (non-hydrogen) atoms. The number of carbonyl (C=O) groups excluding carboxylic acids is 1. The van der Waals surface area contributed by atoms with Crippen LogP contribution in [-0.2, 0) is 0 Å². The molecule has 1 aromatic carbocycles. The van der Waals surface area contributed by atoms with Crippen LogP contribution in [0.15, 0.2) is 65.7 Å². The summed E-state index contributed by atoms with van der Waals surface area (Å²) >= 11 is 0. The number of nitrogens with one attached hydrogen (secondary N) is 1. The molecule has 0 aliphatic carbocycles. The fourth-order valence-corrected chi connectivity index (χ4v) is 1.83. The lowest BCUT2D eigenvalue weighted by atomic mass is 10.1. The Morgan fingerprint density at radius 2 is 1.95 bits per heavy atom. The zero-order valence-electron chi connectivity index (χ0n) is 10.5. The van der Waals surface area contributed by atoms with Crippen LogP contribution in [0.25, 0.3) is 11.3 Å². The monoisotopic (exact) mass is 265 g/mol. The summed E-state index contributed by atoms with van der Waals surface area (Å²) in [5.74, 6) is -0.172. The van der Waals surface area contributed by atoms with Crippen LogP contribution in [0.4, 0.5) is 5.69 Å². The van der Waals surface area contributed by atoms with E-state index >= 15 is 0 Å². The van der Waals surface area contributed by atoms with Crippen LogP contribution in [-0.4, -0.2) is 15.9 Å². The van der Waals surface area contributed by atoms with Gasteiger partial charge in [0.2, 0.25) is 5.76 Å². The molecule has 2 aromatic heterocycles. The molecule has 0 atom stereocenters. The molecule has 0 aliphatic heterocycles. The molecule has 0 spiro atoms. The van der Waals surface area contributed by atoms with Gasteiger partial charge >= 0.3 is 0 Å². The van der Waals surface area contributed by atoms with Gasteiger partial charge in [-0.15, -0.1) is 0 Å². The van der Waals surface area contributed by atoms with E-state index < -0.39 is 0 Å². The van der Waals surface area contributed by atoms with Crippen molar-refractivity contribution in [3.8, 4) is 11.3 Å². The molecule has 3 rings (SSSR count). The lowest BCUT2D eigenvalue weighted by Crippen LogP contribution is -2.12. The number of pyridine rings is 1. The van der Waals surface area contributed by atoms with E-state index in [1.54, 1.807) is 24.5 Å². The van der Waals surface area contributed by atoms with Gasteiger partial charge in [0.05, 0.1) is 11.9 Å².